The Morgan fingerprint density at radius 1 is 1.11 bits per heavy atom. The van der Waals surface area contributed by atoms with Gasteiger partial charge in [-0.25, -0.2) is 0 Å². The number of amides is 1. The van der Waals surface area contributed by atoms with Crippen molar-refractivity contribution in [3.63, 3.8) is 0 Å². The van der Waals surface area contributed by atoms with Gasteiger partial charge in [0, 0.05) is 42.3 Å². The molecular formula is C22H21N3O2. The standard InChI is InChI=1S/C22H21N3O2/c1-25-15-18(17-9-2-3-10-19(17)25)22(26)24-13-6-14-27-20-11-4-7-16-8-5-12-23-21(16)20/h2-5,7-12,15H,6,13-14H2,1H3,(H,24,26). The molecular weight excluding hydrogens is 338 g/mol. The SMILES string of the molecule is Cn1cc(C(=O)NCCCOc2cccc3cccnc23)c2ccccc21. The van der Waals surface area contributed by atoms with Gasteiger partial charge in [-0.3, -0.25) is 9.78 Å². The lowest BCUT2D eigenvalue weighted by Gasteiger charge is -2.09. The van der Waals surface area contributed by atoms with E-state index in [9.17, 15) is 4.79 Å². The average molecular weight is 359 g/mol. The van der Waals surface area contributed by atoms with Crippen LogP contribution >= 0.6 is 0 Å². The molecule has 2 aromatic heterocycles. The van der Waals surface area contributed by atoms with Gasteiger partial charge in [0.05, 0.1) is 12.2 Å². The number of benzene rings is 2. The number of nitrogens with zero attached hydrogens (tertiary/aromatic N) is 2. The molecule has 5 heteroatoms. The molecule has 1 amide bonds. The van der Waals surface area contributed by atoms with Crippen molar-refractivity contribution in [2.45, 2.75) is 6.42 Å². The van der Waals surface area contributed by atoms with Crippen LogP contribution in [0.4, 0.5) is 0 Å². The second-order valence-corrected chi connectivity index (χ2v) is 6.46. The van der Waals surface area contributed by atoms with Gasteiger partial charge in [0.25, 0.3) is 5.91 Å². The molecule has 0 unspecified atom stereocenters. The van der Waals surface area contributed by atoms with Gasteiger partial charge in [0.15, 0.2) is 0 Å². The summed E-state index contributed by atoms with van der Waals surface area (Å²) in [6, 6.07) is 17.7. The van der Waals surface area contributed by atoms with Gasteiger partial charge in [-0.1, -0.05) is 36.4 Å². The van der Waals surface area contributed by atoms with Crippen molar-refractivity contribution in [1.82, 2.24) is 14.9 Å². The zero-order chi connectivity index (χ0) is 18.6. The number of nitrogens with one attached hydrogen (secondary N) is 1. The van der Waals surface area contributed by atoms with E-state index >= 15 is 0 Å². The van der Waals surface area contributed by atoms with Crippen molar-refractivity contribution in [2.75, 3.05) is 13.2 Å². The Labute approximate surface area is 157 Å². The summed E-state index contributed by atoms with van der Waals surface area (Å²) in [5.74, 6) is 0.715. The van der Waals surface area contributed by atoms with E-state index in [0.717, 1.165) is 34.0 Å². The fourth-order valence-corrected chi connectivity index (χ4v) is 3.27. The number of hydrogen-bond donors (Lipinski definition) is 1. The molecule has 2 heterocycles. The molecule has 0 aliphatic carbocycles. The van der Waals surface area contributed by atoms with E-state index in [-0.39, 0.29) is 5.91 Å². The second-order valence-electron chi connectivity index (χ2n) is 6.46. The van der Waals surface area contributed by atoms with Gasteiger partial charge in [-0.15, -0.1) is 0 Å². The van der Waals surface area contributed by atoms with Crippen molar-refractivity contribution in [3.8, 4) is 5.75 Å². The Balaban J connectivity index is 1.33. The van der Waals surface area contributed by atoms with E-state index in [0.29, 0.717) is 18.7 Å². The lowest BCUT2D eigenvalue weighted by Crippen LogP contribution is -2.25. The number of rotatable bonds is 6. The van der Waals surface area contributed by atoms with Crippen LogP contribution in [0.3, 0.4) is 0 Å². The fourth-order valence-electron chi connectivity index (χ4n) is 3.27. The number of pyridine rings is 1. The maximum Gasteiger partial charge on any atom is 0.253 e. The molecule has 0 radical (unpaired) electrons. The monoisotopic (exact) mass is 359 g/mol. The van der Waals surface area contributed by atoms with Crippen molar-refractivity contribution < 1.29 is 9.53 Å². The summed E-state index contributed by atoms with van der Waals surface area (Å²) in [6.07, 6.45) is 4.36. The van der Waals surface area contributed by atoms with E-state index in [1.807, 2.05) is 72.4 Å². The Bertz CT molecular complexity index is 1100. The van der Waals surface area contributed by atoms with Crippen molar-refractivity contribution in [2.24, 2.45) is 7.05 Å². The normalized spacial score (nSPS) is 11.0. The van der Waals surface area contributed by atoms with Crippen LogP contribution in [0.15, 0.2) is 67.0 Å². The van der Waals surface area contributed by atoms with E-state index < -0.39 is 0 Å². The Morgan fingerprint density at radius 2 is 1.96 bits per heavy atom. The Kier molecular flexibility index (Phi) is 4.75. The van der Waals surface area contributed by atoms with Crippen LogP contribution in [-0.4, -0.2) is 28.6 Å². The average Bonchev–Trinajstić information content (AvgIpc) is 3.05. The van der Waals surface area contributed by atoms with E-state index in [1.54, 1.807) is 6.20 Å². The highest BCUT2D eigenvalue weighted by atomic mass is 16.5. The van der Waals surface area contributed by atoms with Crippen LogP contribution < -0.4 is 10.1 Å². The van der Waals surface area contributed by atoms with Gasteiger partial charge in [0.1, 0.15) is 11.3 Å². The first-order chi connectivity index (χ1) is 13.2. The molecule has 27 heavy (non-hydrogen) atoms. The minimum atomic E-state index is -0.0568. The number of carbonyl (C=O) groups is 1. The molecule has 0 atom stereocenters. The summed E-state index contributed by atoms with van der Waals surface area (Å²) in [5.41, 5.74) is 2.61. The molecule has 5 nitrogen and oxygen atoms in total. The number of ether oxygens (including phenoxy) is 1. The predicted molar refractivity (Wildman–Crippen MR) is 107 cm³/mol. The summed E-state index contributed by atoms with van der Waals surface area (Å²) in [7, 11) is 1.95. The third-order valence-electron chi connectivity index (χ3n) is 4.60. The second kappa shape index (κ2) is 7.50. The summed E-state index contributed by atoms with van der Waals surface area (Å²) < 4.78 is 7.84. The molecule has 4 rings (SSSR count). The highest BCUT2D eigenvalue weighted by Crippen LogP contribution is 2.23. The van der Waals surface area contributed by atoms with Crippen molar-refractivity contribution in [3.05, 3.63) is 72.6 Å². The third-order valence-corrected chi connectivity index (χ3v) is 4.60. The number of aromatic nitrogens is 2. The Hall–Kier alpha value is -3.34. The summed E-state index contributed by atoms with van der Waals surface area (Å²) in [5, 5.41) is 5.00. The summed E-state index contributed by atoms with van der Waals surface area (Å²) in [6.45, 7) is 1.08. The minimum absolute atomic E-state index is 0.0568. The van der Waals surface area contributed by atoms with Crippen molar-refractivity contribution >= 4 is 27.7 Å². The molecule has 2 aromatic carbocycles. The Morgan fingerprint density at radius 3 is 2.89 bits per heavy atom. The summed E-state index contributed by atoms with van der Waals surface area (Å²) >= 11 is 0. The van der Waals surface area contributed by atoms with Gasteiger partial charge in [-0.05, 0) is 24.6 Å². The van der Waals surface area contributed by atoms with Crippen LogP contribution in [0.1, 0.15) is 16.8 Å². The molecule has 4 aromatic rings. The van der Waals surface area contributed by atoms with Gasteiger partial charge >= 0.3 is 0 Å². The number of aryl methyl sites for hydroxylation is 1. The third kappa shape index (κ3) is 3.49. The van der Waals surface area contributed by atoms with Crippen LogP contribution in [-0.2, 0) is 7.05 Å². The fraction of sp³-hybridized carbons (Fsp3) is 0.182. The topological polar surface area (TPSA) is 56.2 Å². The van der Waals surface area contributed by atoms with E-state index in [2.05, 4.69) is 10.3 Å². The molecule has 1 N–H and O–H groups in total. The van der Waals surface area contributed by atoms with Crippen LogP contribution in [0.2, 0.25) is 0 Å². The molecule has 0 saturated carbocycles. The quantitative estimate of drug-likeness (QED) is 0.531. The van der Waals surface area contributed by atoms with E-state index in [1.165, 1.54) is 0 Å². The van der Waals surface area contributed by atoms with Gasteiger partial charge < -0.3 is 14.6 Å². The summed E-state index contributed by atoms with van der Waals surface area (Å²) in [4.78, 5) is 16.9. The molecule has 0 bridgehead atoms. The largest absolute Gasteiger partial charge is 0.491 e. The van der Waals surface area contributed by atoms with Gasteiger partial charge in [-0.2, -0.15) is 0 Å². The first-order valence-electron chi connectivity index (χ1n) is 9.03. The molecule has 136 valence electrons. The smallest absolute Gasteiger partial charge is 0.253 e. The highest BCUT2D eigenvalue weighted by molar-refractivity contribution is 6.06. The first kappa shape index (κ1) is 17.1. The van der Waals surface area contributed by atoms with Crippen LogP contribution in [0.25, 0.3) is 21.8 Å². The number of para-hydroxylation sites is 2. The van der Waals surface area contributed by atoms with Gasteiger partial charge in [0.2, 0.25) is 0 Å². The first-order valence-corrected chi connectivity index (χ1v) is 9.03. The maximum atomic E-state index is 12.5. The van der Waals surface area contributed by atoms with Crippen LogP contribution in [0, 0.1) is 0 Å². The number of carbonyl (C=O) groups excluding carboxylic acids is 1. The lowest BCUT2D eigenvalue weighted by molar-refractivity contribution is 0.0953. The van der Waals surface area contributed by atoms with Crippen LogP contribution in [0.5, 0.6) is 5.75 Å². The van der Waals surface area contributed by atoms with E-state index in [4.69, 9.17) is 4.74 Å². The zero-order valence-electron chi connectivity index (χ0n) is 15.2. The predicted octanol–water partition coefficient (Wildman–Crippen LogP) is 3.93. The zero-order valence-corrected chi connectivity index (χ0v) is 15.2. The molecule has 0 saturated heterocycles. The highest BCUT2D eigenvalue weighted by Gasteiger charge is 2.12. The maximum absolute atomic E-state index is 12.5. The minimum Gasteiger partial charge on any atom is -0.491 e. The molecule has 0 aliphatic heterocycles. The number of hydrogen-bond acceptors (Lipinski definition) is 3. The van der Waals surface area contributed by atoms with Crippen molar-refractivity contribution in [1.29, 1.82) is 0 Å². The molecule has 0 aliphatic rings. The molecule has 0 spiro atoms. The lowest BCUT2D eigenvalue weighted by atomic mass is 10.1. The molecule has 0 fully saturated rings. The number of fused-ring (bicyclic) bond motifs is 2.